The lowest BCUT2D eigenvalue weighted by Crippen LogP contribution is -2.59. The number of ether oxygens (including phenoxy) is 2. The number of nitrogens with two attached hydrogens (primary N) is 1. The minimum Gasteiger partial charge on any atom is -0.394 e. The lowest BCUT2D eigenvalue weighted by atomic mass is 9.99. The Bertz CT molecular complexity index is 176. The Morgan fingerprint density at radius 3 is 2.29 bits per heavy atom. The highest BCUT2D eigenvalue weighted by Crippen LogP contribution is 2.21. The SMILES string of the molecule is NCOC1O[C@H](CO)[C@@H](O)[C@H](O)[C@H]1O. The number of aliphatic hydroxyl groups is 4. The van der Waals surface area contributed by atoms with E-state index in [0.717, 1.165) is 0 Å². The largest absolute Gasteiger partial charge is 0.394 e. The maximum atomic E-state index is 9.36. The minimum absolute atomic E-state index is 0.192. The molecule has 1 aliphatic rings. The molecule has 1 unspecified atom stereocenters. The van der Waals surface area contributed by atoms with Crippen molar-refractivity contribution >= 4 is 0 Å². The van der Waals surface area contributed by atoms with Crippen LogP contribution in [0.5, 0.6) is 0 Å². The van der Waals surface area contributed by atoms with Gasteiger partial charge in [-0.1, -0.05) is 0 Å². The second-order valence-corrected chi connectivity index (χ2v) is 3.03. The van der Waals surface area contributed by atoms with Crippen LogP contribution in [0.1, 0.15) is 0 Å². The van der Waals surface area contributed by atoms with E-state index in [1.54, 1.807) is 0 Å². The molecule has 1 aliphatic heterocycles. The fourth-order valence-corrected chi connectivity index (χ4v) is 1.30. The predicted octanol–water partition coefficient (Wildman–Crippen LogP) is -3.28. The molecule has 1 rings (SSSR count). The normalized spacial score (nSPS) is 43.9. The van der Waals surface area contributed by atoms with Crippen LogP contribution in [0.15, 0.2) is 0 Å². The molecule has 0 radical (unpaired) electrons. The van der Waals surface area contributed by atoms with Crippen molar-refractivity contribution in [1.29, 1.82) is 0 Å². The highest BCUT2D eigenvalue weighted by molar-refractivity contribution is 4.88. The summed E-state index contributed by atoms with van der Waals surface area (Å²) >= 11 is 0. The van der Waals surface area contributed by atoms with Crippen LogP contribution < -0.4 is 5.73 Å². The van der Waals surface area contributed by atoms with Crippen LogP contribution in [0.2, 0.25) is 0 Å². The fraction of sp³-hybridized carbons (Fsp3) is 1.00. The van der Waals surface area contributed by atoms with Crippen molar-refractivity contribution in [2.75, 3.05) is 13.3 Å². The number of hydrogen-bond donors (Lipinski definition) is 5. The Morgan fingerprint density at radius 2 is 1.79 bits per heavy atom. The number of hydrogen-bond acceptors (Lipinski definition) is 7. The topological polar surface area (TPSA) is 125 Å². The molecule has 7 nitrogen and oxygen atoms in total. The quantitative estimate of drug-likeness (QED) is 0.308. The van der Waals surface area contributed by atoms with Gasteiger partial charge in [0.05, 0.1) is 13.3 Å². The van der Waals surface area contributed by atoms with E-state index in [-0.39, 0.29) is 6.73 Å². The van der Waals surface area contributed by atoms with Gasteiger partial charge in [-0.3, -0.25) is 0 Å². The fourth-order valence-electron chi connectivity index (χ4n) is 1.30. The van der Waals surface area contributed by atoms with Crippen molar-refractivity contribution in [3.05, 3.63) is 0 Å². The van der Waals surface area contributed by atoms with Crippen molar-refractivity contribution in [3.63, 3.8) is 0 Å². The Morgan fingerprint density at radius 1 is 1.14 bits per heavy atom. The first kappa shape index (κ1) is 11.8. The molecule has 0 saturated carbocycles. The smallest absolute Gasteiger partial charge is 0.188 e. The predicted molar refractivity (Wildman–Crippen MR) is 43.9 cm³/mol. The summed E-state index contributed by atoms with van der Waals surface area (Å²) in [5.41, 5.74) is 5.07. The van der Waals surface area contributed by atoms with Gasteiger partial charge in [0.25, 0.3) is 0 Å². The Labute approximate surface area is 80.7 Å². The highest BCUT2D eigenvalue weighted by Gasteiger charge is 2.43. The van der Waals surface area contributed by atoms with E-state index in [0.29, 0.717) is 0 Å². The average Bonchev–Trinajstić information content (AvgIpc) is 2.19. The third-order valence-electron chi connectivity index (χ3n) is 2.11. The summed E-state index contributed by atoms with van der Waals surface area (Å²) in [4.78, 5) is 0. The maximum Gasteiger partial charge on any atom is 0.188 e. The van der Waals surface area contributed by atoms with Gasteiger partial charge in [0, 0.05) is 0 Å². The first-order valence-corrected chi connectivity index (χ1v) is 4.24. The molecule has 0 spiro atoms. The Kier molecular flexibility index (Phi) is 4.20. The lowest BCUT2D eigenvalue weighted by Gasteiger charge is -2.39. The van der Waals surface area contributed by atoms with Gasteiger partial charge in [0.2, 0.25) is 0 Å². The van der Waals surface area contributed by atoms with Crippen molar-refractivity contribution in [3.8, 4) is 0 Å². The Balaban J connectivity index is 2.63. The van der Waals surface area contributed by atoms with Gasteiger partial charge in [0.1, 0.15) is 24.4 Å². The Hall–Kier alpha value is -0.280. The molecule has 0 aromatic carbocycles. The molecule has 7 heteroatoms. The summed E-state index contributed by atoms with van der Waals surface area (Å²) in [6.07, 6.45) is -6.25. The molecule has 0 amide bonds. The maximum absolute atomic E-state index is 9.36. The molecule has 6 N–H and O–H groups in total. The van der Waals surface area contributed by atoms with Crippen LogP contribution in [0.25, 0.3) is 0 Å². The van der Waals surface area contributed by atoms with E-state index < -0.39 is 37.3 Å². The van der Waals surface area contributed by atoms with Crippen LogP contribution in [0.4, 0.5) is 0 Å². The second kappa shape index (κ2) is 4.99. The molecule has 1 fully saturated rings. The first-order valence-electron chi connectivity index (χ1n) is 4.24. The zero-order valence-corrected chi connectivity index (χ0v) is 7.48. The lowest BCUT2D eigenvalue weighted by molar-refractivity contribution is -0.300. The van der Waals surface area contributed by atoms with Crippen LogP contribution in [-0.4, -0.2) is 64.5 Å². The summed E-state index contributed by atoms with van der Waals surface area (Å²) in [6.45, 7) is -0.669. The van der Waals surface area contributed by atoms with E-state index in [1.165, 1.54) is 0 Å². The molecule has 1 saturated heterocycles. The first-order chi connectivity index (χ1) is 6.61. The van der Waals surface area contributed by atoms with E-state index in [1.807, 2.05) is 0 Å². The van der Waals surface area contributed by atoms with Gasteiger partial charge >= 0.3 is 0 Å². The third-order valence-corrected chi connectivity index (χ3v) is 2.11. The third kappa shape index (κ3) is 2.20. The van der Waals surface area contributed by atoms with E-state index in [9.17, 15) is 15.3 Å². The second-order valence-electron chi connectivity index (χ2n) is 3.03. The molecule has 5 atom stereocenters. The van der Waals surface area contributed by atoms with Crippen LogP contribution >= 0.6 is 0 Å². The summed E-state index contributed by atoms with van der Waals surface area (Å²) < 4.78 is 9.73. The molecule has 14 heavy (non-hydrogen) atoms. The number of aliphatic hydroxyl groups excluding tert-OH is 4. The van der Waals surface area contributed by atoms with Crippen LogP contribution in [0.3, 0.4) is 0 Å². The average molecular weight is 209 g/mol. The zero-order valence-electron chi connectivity index (χ0n) is 7.48. The number of rotatable bonds is 3. The summed E-state index contributed by atoms with van der Waals surface area (Å²) in [7, 11) is 0. The minimum atomic E-state index is -1.42. The van der Waals surface area contributed by atoms with Crippen molar-refractivity contribution < 1.29 is 29.9 Å². The van der Waals surface area contributed by atoms with Gasteiger partial charge in [-0.05, 0) is 0 Å². The van der Waals surface area contributed by atoms with Crippen molar-refractivity contribution in [1.82, 2.24) is 0 Å². The van der Waals surface area contributed by atoms with Gasteiger partial charge in [-0.2, -0.15) is 0 Å². The van der Waals surface area contributed by atoms with Crippen molar-refractivity contribution in [2.45, 2.75) is 30.7 Å². The van der Waals surface area contributed by atoms with Gasteiger partial charge in [0.15, 0.2) is 6.29 Å². The van der Waals surface area contributed by atoms with Crippen LogP contribution in [0, 0.1) is 0 Å². The summed E-state index contributed by atoms with van der Waals surface area (Å²) in [5, 5.41) is 36.8. The molecular weight excluding hydrogens is 194 g/mol. The van der Waals surface area contributed by atoms with E-state index in [4.69, 9.17) is 20.3 Å². The molecule has 0 aromatic rings. The monoisotopic (exact) mass is 209 g/mol. The molecular formula is C7H15NO6. The molecule has 0 bridgehead atoms. The zero-order chi connectivity index (χ0) is 10.7. The molecule has 84 valence electrons. The van der Waals surface area contributed by atoms with E-state index >= 15 is 0 Å². The highest BCUT2D eigenvalue weighted by atomic mass is 16.7. The standard InChI is InChI=1S/C7H15NO6/c8-2-13-7-6(12)5(11)4(10)3(1-9)14-7/h3-7,9-12H,1-2,8H2/t3-,4-,5+,6-,7?/m1/s1. The van der Waals surface area contributed by atoms with Crippen LogP contribution in [-0.2, 0) is 9.47 Å². The molecule has 0 aliphatic carbocycles. The molecule has 1 heterocycles. The molecule has 0 aromatic heterocycles. The van der Waals surface area contributed by atoms with Gasteiger partial charge in [-0.25, -0.2) is 0 Å². The van der Waals surface area contributed by atoms with Gasteiger partial charge < -0.3 is 35.6 Å². The summed E-state index contributed by atoms with van der Waals surface area (Å²) in [6, 6.07) is 0. The summed E-state index contributed by atoms with van der Waals surface area (Å²) in [5.74, 6) is 0. The van der Waals surface area contributed by atoms with E-state index in [2.05, 4.69) is 0 Å². The van der Waals surface area contributed by atoms with Crippen molar-refractivity contribution in [2.24, 2.45) is 5.73 Å². The van der Waals surface area contributed by atoms with Gasteiger partial charge in [-0.15, -0.1) is 0 Å².